The van der Waals surface area contributed by atoms with Crippen LogP contribution in [-0.4, -0.2) is 49.0 Å². The van der Waals surface area contributed by atoms with Crippen LogP contribution in [-0.2, 0) is 9.84 Å². The van der Waals surface area contributed by atoms with Crippen molar-refractivity contribution in [2.24, 2.45) is 0 Å². The van der Waals surface area contributed by atoms with Gasteiger partial charge in [-0.25, -0.2) is 18.4 Å². The lowest BCUT2D eigenvalue weighted by atomic mass is 10.2. The zero-order valence-corrected chi connectivity index (χ0v) is 15.5. The minimum Gasteiger partial charge on any atom is -0.353 e. The fraction of sp³-hybridized carbons (Fsp3) is 0.444. The maximum Gasteiger partial charge on any atom is 0.152 e. The summed E-state index contributed by atoms with van der Waals surface area (Å²) in [6, 6.07) is 12.0. The highest BCUT2D eigenvalue weighted by Gasteiger charge is 2.32. The fourth-order valence-electron chi connectivity index (χ4n) is 3.36. The van der Waals surface area contributed by atoms with Crippen LogP contribution >= 0.6 is 0 Å². The number of nitrogens with zero attached hydrogens (tertiary/aromatic N) is 4. The second kappa shape index (κ2) is 7.39. The van der Waals surface area contributed by atoms with E-state index in [0.717, 1.165) is 23.9 Å². The van der Waals surface area contributed by atoms with Crippen LogP contribution in [0.3, 0.4) is 0 Å². The van der Waals surface area contributed by atoms with E-state index >= 15 is 0 Å². The van der Waals surface area contributed by atoms with Crippen LogP contribution in [0.25, 0.3) is 0 Å². The summed E-state index contributed by atoms with van der Waals surface area (Å²) in [5, 5.41) is 0. The maximum atomic E-state index is 11.8. The monoisotopic (exact) mass is 360 g/mol. The van der Waals surface area contributed by atoms with Crippen molar-refractivity contribution in [3.63, 3.8) is 0 Å². The number of sulfone groups is 1. The van der Waals surface area contributed by atoms with E-state index in [1.54, 1.807) is 6.33 Å². The number of rotatable bonds is 6. The molecule has 0 bridgehead atoms. The van der Waals surface area contributed by atoms with Gasteiger partial charge in [0.1, 0.15) is 18.0 Å². The molecule has 1 saturated heterocycles. The molecular formula is C18H24N4O2S. The quantitative estimate of drug-likeness (QED) is 0.789. The summed E-state index contributed by atoms with van der Waals surface area (Å²) in [6.45, 7) is 5.61. The van der Waals surface area contributed by atoms with Crippen LogP contribution in [0.1, 0.15) is 20.3 Å². The molecular weight excluding hydrogens is 336 g/mol. The summed E-state index contributed by atoms with van der Waals surface area (Å²) < 4.78 is 23.7. The predicted octanol–water partition coefficient (Wildman–Crippen LogP) is 2.65. The van der Waals surface area contributed by atoms with E-state index in [-0.39, 0.29) is 17.5 Å². The molecule has 3 rings (SSSR count). The molecule has 1 aromatic carbocycles. The van der Waals surface area contributed by atoms with E-state index < -0.39 is 9.84 Å². The van der Waals surface area contributed by atoms with Crippen molar-refractivity contribution in [1.29, 1.82) is 0 Å². The van der Waals surface area contributed by atoms with Crippen LogP contribution in [0.15, 0.2) is 42.7 Å². The summed E-state index contributed by atoms with van der Waals surface area (Å²) in [5.41, 5.74) is 1.07. The minimum atomic E-state index is -2.93. The van der Waals surface area contributed by atoms with Crippen molar-refractivity contribution in [3.8, 4) is 0 Å². The molecule has 0 saturated carbocycles. The first-order valence-electron chi connectivity index (χ1n) is 8.65. The number of hydrogen-bond acceptors (Lipinski definition) is 6. The van der Waals surface area contributed by atoms with Gasteiger partial charge in [-0.3, -0.25) is 0 Å². The molecule has 0 amide bonds. The minimum absolute atomic E-state index is 0.00967. The highest BCUT2D eigenvalue weighted by atomic mass is 32.2. The van der Waals surface area contributed by atoms with Gasteiger partial charge in [0.25, 0.3) is 0 Å². The average molecular weight is 360 g/mol. The Kier molecular flexibility index (Phi) is 5.22. The molecule has 0 N–H and O–H groups in total. The number of anilines is 3. The highest BCUT2D eigenvalue weighted by Crippen LogP contribution is 2.28. The van der Waals surface area contributed by atoms with E-state index in [4.69, 9.17) is 0 Å². The van der Waals surface area contributed by atoms with E-state index in [2.05, 4.69) is 26.7 Å². The zero-order chi connectivity index (χ0) is 17.9. The van der Waals surface area contributed by atoms with Gasteiger partial charge in [0.2, 0.25) is 0 Å². The third-order valence-corrected chi connectivity index (χ3v) is 6.33. The Labute approximate surface area is 149 Å². The number of hydrogen-bond donors (Lipinski definition) is 0. The number of benzene rings is 1. The Bertz CT molecular complexity index is 811. The molecule has 1 aliphatic heterocycles. The van der Waals surface area contributed by atoms with Crippen molar-refractivity contribution in [2.75, 3.05) is 34.4 Å². The fourth-order valence-corrected chi connectivity index (χ4v) is 5.09. The SMILES string of the molecule is CCN(c1ccccc1)c1cc(N(CC)C2CCS(=O)(=O)C2)ncn1. The Morgan fingerprint density at radius 3 is 2.40 bits per heavy atom. The molecule has 1 aromatic heterocycles. The van der Waals surface area contributed by atoms with E-state index in [9.17, 15) is 8.42 Å². The first-order valence-corrected chi connectivity index (χ1v) is 10.5. The summed E-state index contributed by atoms with van der Waals surface area (Å²) >= 11 is 0. The van der Waals surface area contributed by atoms with Gasteiger partial charge in [0.05, 0.1) is 11.5 Å². The van der Waals surface area contributed by atoms with E-state index in [1.807, 2.05) is 43.3 Å². The largest absolute Gasteiger partial charge is 0.353 e. The molecule has 1 aliphatic rings. The summed E-state index contributed by atoms with van der Waals surface area (Å²) in [4.78, 5) is 13.0. The van der Waals surface area contributed by atoms with Crippen molar-refractivity contribution in [1.82, 2.24) is 9.97 Å². The van der Waals surface area contributed by atoms with Gasteiger partial charge in [0, 0.05) is 30.9 Å². The highest BCUT2D eigenvalue weighted by molar-refractivity contribution is 7.91. The van der Waals surface area contributed by atoms with Gasteiger partial charge in [-0.05, 0) is 32.4 Å². The Morgan fingerprint density at radius 1 is 1.08 bits per heavy atom. The molecule has 0 radical (unpaired) electrons. The molecule has 7 heteroatoms. The lowest BCUT2D eigenvalue weighted by Crippen LogP contribution is -2.37. The third-order valence-electron chi connectivity index (χ3n) is 4.58. The van der Waals surface area contributed by atoms with Crippen molar-refractivity contribution in [3.05, 3.63) is 42.7 Å². The van der Waals surface area contributed by atoms with Crippen molar-refractivity contribution >= 4 is 27.2 Å². The van der Waals surface area contributed by atoms with Crippen LogP contribution < -0.4 is 9.80 Å². The van der Waals surface area contributed by atoms with Gasteiger partial charge < -0.3 is 9.80 Å². The molecule has 134 valence electrons. The third kappa shape index (κ3) is 3.92. The van der Waals surface area contributed by atoms with Crippen molar-refractivity contribution < 1.29 is 8.42 Å². The van der Waals surface area contributed by atoms with Gasteiger partial charge in [-0.15, -0.1) is 0 Å². The maximum absolute atomic E-state index is 11.8. The lowest BCUT2D eigenvalue weighted by molar-refractivity contribution is 0.599. The summed E-state index contributed by atoms with van der Waals surface area (Å²) in [6.07, 6.45) is 2.22. The topological polar surface area (TPSA) is 66.4 Å². The molecule has 1 atom stereocenters. The van der Waals surface area contributed by atoms with E-state index in [1.165, 1.54) is 0 Å². The van der Waals surface area contributed by atoms with Gasteiger partial charge in [-0.2, -0.15) is 0 Å². The first kappa shape index (κ1) is 17.7. The normalized spacial score (nSPS) is 18.9. The Hall–Kier alpha value is -2.15. The van der Waals surface area contributed by atoms with E-state index in [0.29, 0.717) is 13.0 Å². The van der Waals surface area contributed by atoms with Crippen LogP contribution in [0.5, 0.6) is 0 Å². The smallest absolute Gasteiger partial charge is 0.152 e. The molecule has 1 fully saturated rings. The molecule has 1 unspecified atom stereocenters. The molecule has 6 nitrogen and oxygen atoms in total. The molecule has 0 spiro atoms. The lowest BCUT2D eigenvalue weighted by Gasteiger charge is -2.29. The van der Waals surface area contributed by atoms with Gasteiger partial charge >= 0.3 is 0 Å². The Morgan fingerprint density at radius 2 is 1.80 bits per heavy atom. The van der Waals surface area contributed by atoms with Gasteiger partial charge in [0.15, 0.2) is 9.84 Å². The summed E-state index contributed by atoms with van der Waals surface area (Å²) in [5.74, 6) is 2.06. The van der Waals surface area contributed by atoms with Crippen LogP contribution in [0, 0.1) is 0 Å². The standard InChI is InChI=1S/C18H24N4O2S/c1-3-21(15-8-6-5-7-9-15)17-12-18(20-14-19-17)22(4-2)16-10-11-25(23,24)13-16/h5-9,12,14,16H,3-4,10-11,13H2,1-2H3. The summed E-state index contributed by atoms with van der Waals surface area (Å²) in [7, 11) is -2.93. The average Bonchev–Trinajstić information content (AvgIpc) is 2.97. The molecule has 2 aromatic rings. The second-order valence-electron chi connectivity index (χ2n) is 6.16. The molecule has 25 heavy (non-hydrogen) atoms. The Balaban J connectivity index is 1.90. The predicted molar refractivity (Wildman–Crippen MR) is 101 cm³/mol. The molecule has 2 heterocycles. The number of para-hydroxylation sites is 1. The first-order chi connectivity index (χ1) is 12.0. The zero-order valence-electron chi connectivity index (χ0n) is 14.7. The molecule has 0 aliphatic carbocycles. The number of aromatic nitrogens is 2. The van der Waals surface area contributed by atoms with Gasteiger partial charge in [-0.1, -0.05) is 18.2 Å². The van der Waals surface area contributed by atoms with Crippen LogP contribution in [0.4, 0.5) is 17.3 Å². The van der Waals surface area contributed by atoms with Crippen molar-refractivity contribution in [2.45, 2.75) is 26.3 Å². The second-order valence-corrected chi connectivity index (χ2v) is 8.39. The van der Waals surface area contributed by atoms with Crippen LogP contribution in [0.2, 0.25) is 0 Å².